The maximum Gasteiger partial charge on any atom is 0.416 e. The van der Waals surface area contributed by atoms with Gasteiger partial charge in [-0.1, -0.05) is 12.1 Å². The molecule has 0 bridgehead atoms. The number of aromatic nitrogens is 2. The van der Waals surface area contributed by atoms with E-state index in [9.17, 15) is 18.0 Å². The van der Waals surface area contributed by atoms with Crippen molar-refractivity contribution < 1.29 is 22.7 Å². The summed E-state index contributed by atoms with van der Waals surface area (Å²) in [5.74, 6) is 0.0188. The summed E-state index contributed by atoms with van der Waals surface area (Å²) in [5.41, 5.74) is 0.130. The molecule has 0 aliphatic heterocycles. The molecule has 0 aliphatic carbocycles. The lowest BCUT2D eigenvalue weighted by molar-refractivity contribution is -0.137. The van der Waals surface area contributed by atoms with Crippen LogP contribution in [0.25, 0.3) is 0 Å². The van der Waals surface area contributed by atoms with Gasteiger partial charge in [0, 0.05) is 23.4 Å². The number of benzene rings is 2. The van der Waals surface area contributed by atoms with Gasteiger partial charge in [-0.2, -0.15) is 18.3 Å². The van der Waals surface area contributed by atoms with E-state index in [1.54, 1.807) is 37.3 Å². The van der Waals surface area contributed by atoms with Crippen LogP contribution in [0.4, 0.5) is 18.9 Å². The number of hydrogen-bond acceptors (Lipinski definition) is 4. The molecule has 1 amide bonds. The highest BCUT2D eigenvalue weighted by Gasteiger charge is 2.30. The first-order chi connectivity index (χ1) is 12.8. The summed E-state index contributed by atoms with van der Waals surface area (Å²) in [5, 5.41) is 10.3. The Morgan fingerprint density at radius 2 is 1.78 bits per heavy atom. The molecule has 0 saturated heterocycles. The number of aryl methyl sites for hydroxylation is 1. The van der Waals surface area contributed by atoms with Crippen LogP contribution in [0, 0.1) is 6.92 Å². The molecule has 1 aromatic heterocycles. The van der Waals surface area contributed by atoms with Gasteiger partial charge < -0.3 is 10.1 Å². The molecule has 2 aromatic carbocycles. The molecule has 3 aromatic rings. The van der Waals surface area contributed by atoms with Gasteiger partial charge in [0.2, 0.25) is 5.88 Å². The lowest BCUT2D eigenvalue weighted by Crippen LogP contribution is -2.13. The number of amides is 1. The molecule has 138 valence electrons. The van der Waals surface area contributed by atoms with Gasteiger partial charge in [0.1, 0.15) is 5.75 Å². The van der Waals surface area contributed by atoms with Crippen LogP contribution in [-0.2, 0) is 6.18 Å². The molecule has 0 radical (unpaired) electrons. The van der Waals surface area contributed by atoms with E-state index < -0.39 is 17.6 Å². The summed E-state index contributed by atoms with van der Waals surface area (Å²) in [4.78, 5) is 12.3. The standard InChI is InChI=1S/C19H14F3N3O2/c1-12-8-9-17(25-24-12)27-16-7-3-6-15(11-16)23-18(26)13-4-2-5-14(10-13)19(20,21)22/h2-11H,1H3,(H,23,26). The van der Waals surface area contributed by atoms with Crippen molar-refractivity contribution >= 4 is 11.6 Å². The topological polar surface area (TPSA) is 64.1 Å². The third-order valence-electron chi connectivity index (χ3n) is 3.54. The van der Waals surface area contributed by atoms with Crippen LogP contribution in [0.1, 0.15) is 21.6 Å². The van der Waals surface area contributed by atoms with Crippen LogP contribution in [-0.4, -0.2) is 16.1 Å². The van der Waals surface area contributed by atoms with Crippen molar-refractivity contribution in [3.63, 3.8) is 0 Å². The summed E-state index contributed by atoms with van der Waals surface area (Å²) in [6, 6.07) is 14.0. The first-order valence-corrected chi connectivity index (χ1v) is 7.88. The zero-order valence-corrected chi connectivity index (χ0v) is 14.1. The van der Waals surface area contributed by atoms with E-state index in [1.165, 1.54) is 18.2 Å². The minimum Gasteiger partial charge on any atom is -0.437 e. The van der Waals surface area contributed by atoms with Gasteiger partial charge in [0.05, 0.1) is 11.3 Å². The number of carbonyl (C=O) groups is 1. The zero-order valence-electron chi connectivity index (χ0n) is 14.1. The Morgan fingerprint density at radius 3 is 2.48 bits per heavy atom. The maximum absolute atomic E-state index is 12.8. The molecule has 0 aliphatic rings. The number of carbonyl (C=O) groups excluding carboxylic acids is 1. The van der Waals surface area contributed by atoms with Crippen LogP contribution in [0.2, 0.25) is 0 Å². The van der Waals surface area contributed by atoms with Crippen molar-refractivity contribution in [2.75, 3.05) is 5.32 Å². The molecule has 0 atom stereocenters. The molecule has 0 saturated carbocycles. The SMILES string of the molecule is Cc1ccc(Oc2cccc(NC(=O)c3cccc(C(F)(F)F)c3)c2)nn1. The van der Waals surface area contributed by atoms with E-state index >= 15 is 0 Å². The Balaban J connectivity index is 1.74. The number of rotatable bonds is 4. The van der Waals surface area contributed by atoms with Gasteiger partial charge >= 0.3 is 6.18 Å². The Kier molecular flexibility index (Phi) is 5.07. The van der Waals surface area contributed by atoms with Crippen LogP contribution in [0.3, 0.4) is 0 Å². The number of halogens is 3. The average molecular weight is 373 g/mol. The molecule has 1 N–H and O–H groups in total. The quantitative estimate of drug-likeness (QED) is 0.710. The second-order valence-electron chi connectivity index (χ2n) is 5.68. The van der Waals surface area contributed by atoms with E-state index in [-0.39, 0.29) is 11.4 Å². The Labute approximate surface area is 152 Å². The fraction of sp³-hybridized carbons (Fsp3) is 0.105. The zero-order chi connectivity index (χ0) is 19.4. The summed E-state index contributed by atoms with van der Waals surface area (Å²) >= 11 is 0. The van der Waals surface area contributed by atoms with E-state index in [0.29, 0.717) is 11.4 Å². The second kappa shape index (κ2) is 7.45. The predicted octanol–water partition coefficient (Wildman–Crippen LogP) is 4.85. The highest BCUT2D eigenvalue weighted by atomic mass is 19.4. The van der Waals surface area contributed by atoms with E-state index in [1.807, 2.05) is 0 Å². The normalized spacial score (nSPS) is 11.1. The van der Waals surface area contributed by atoms with E-state index in [2.05, 4.69) is 15.5 Å². The van der Waals surface area contributed by atoms with Gasteiger partial charge in [-0.05, 0) is 43.3 Å². The van der Waals surface area contributed by atoms with Gasteiger partial charge in [-0.25, -0.2) is 0 Å². The van der Waals surface area contributed by atoms with Gasteiger partial charge in [-0.15, -0.1) is 5.10 Å². The summed E-state index contributed by atoms with van der Waals surface area (Å²) in [6.07, 6.45) is -4.51. The molecule has 27 heavy (non-hydrogen) atoms. The van der Waals surface area contributed by atoms with Crippen molar-refractivity contribution in [3.8, 4) is 11.6 Å². The molecule has 0 unspecified atom stereocenters. The average Bonchev–Trinajstić information content (AvgIpc) is 2.63. The minimum atomic E-state index is -4.51. The van der Waals surface area contributed by atoms with Crippen molar-refractivity contribution in [2.24, 2.45) is 0 Å². The second-order valence-corrected chi connectivity index (χ2v) is 5.68. The van der Waals surface area contributed by atoms with E-state index in [0.717, 1.165) is 17.8 Å². The smallest absolute Gasteiger partial charge is 0.416 e. The highest BCUT2D eigenvalue weighted by molar-refractivity contribution is 6.04. The summed E-state index contributed by atoms with van der Waals surface area (Å²) in [6.45, 7) is 1.79. The number of alkyl halides is 3. The fourth-order valence-corrected chi connectivity index (χ4v) is 2.24. The van der Waals surface area contributed by atoms with Crippen LogP contribution >= 0.6 is 0 Å². The lowest BCUT2D eigenvalue weighted by atomic mass is 10.1. The van der Waals surface area contributed by atoms with Crippen LogP contribution in [0.15, 0.2) is 60.7 Å². The summed E-state index contributed by atoms with van der Waals surface area (Å²) < 4.78 is 43.9. The molecular formula is C19H14F3N3O2. The molecule has 0 fully saturated rings. The number of nitrogens with zero attached hydrogens (tertiary/aromatic N) is 2. The number of nitrogens with one attached hydrogen (secondary N) is 1. The predicted molar refractivity (Wildman–Crippen MR) is 92.7 cm³/mol. The molecule has 8 heteroatoms. The number of anilines is 1. The number of ether oxygens (including phenoxy) is 1. The molecule has 3 rings (SSSR count). The third kappa shape index (κ3) is 4.81. The number of hydrogen-bond donors (Lipinski definition) is 1. The first kappa shape index (κ1) is 18.4. The van der Waals surface area contributed by atoms with Crippen LogP contribution in [0.5, 0.6) is 11.6 Å². The third-order valence-corrected chi connectivity index (χ3v) is 3.54. The van der Waals surface area contributed by atoms with Crippen LogP contribution < -0.4 is 10.1 Å². The maximum atomic E-state index is 12.8. The van der Waals surface area contributed by atoms with Crippen molar-refractivity contribution in [3.05, 3.63) is 77.5 Å². The van der Waals surface area contributed by atoms with Gasteiger partial charge in [-0.3, -0.25) is 4.79 Å². The molecular weight excluding hydrogens is 359 g/mol. The molecule has 5 nitrogen and oxygen atoms in total. The Morgan fingerprint density at radius 1 is 1.00 bits per heavy atom. The minimum absolute atomic E-state index is 0.0967. The fourth-order valence-electron chi connectivity index (χ4n) is 2.24. The highest BCUT2D eigenvalue weighted by Crippen LogP contribution is 2.30. The van der Waals surface area contributed by atoms with Crippen molar-refractivity contribution in [2.45, 2.75) is 13.1 Å². The monoisotopic (exact) mass is 373 g/mol. The van der Waals surface area contributed by atoms with Gasteiger partial charge in [0.25, 0.3) is 5.91 Å². The summed E-state index contributed by atoms with van der Waals surface area (Å²) in [7, 11) is 0. The van der Waals surface area contributed by atoms with Gasteiger partial charge in [0.15, 0.2) is 0 Å². The first-order valence-electron chi connectivity index (χ1n) is 7.88. The molecule has 0 spiro atoms. The van der Waals surface area contributed by atoms with Crippen molar-refractivity contribution in [1.29, 1.82) is 0 Å². The van der Waals surface area contributed by atoms with Crippen molar-refractivity contribution in [1.82, 2.24) is 10.2 Å². The Bertz CT molecular complexity index is 957. The lowest BCUT2D eigenvalue weighted by Gasteiger charge is -2.10. The molecule has 1 heterocycles. The van der Waals surface area contributed by atoms with E-state index in [4.69, 9.17) is 4.74 Å². The largest absolute Gasteiger partial charge is 0.437 e. The Hall–Kier alpha value is -3.42.